The Morgan fingerprint density at radius 3 is 2.36 bits per heavy atom. The molecule has 0 spiro atoms. The summed E-state index contributed by atoms with van der Waals surface area (Å²) in [5.74, 6) is 0. The van der Waals surface area contributed by atoms with Crippen molar-refractivity contribution in [2.75, 3.05) is 19.5 Å². The molecule has 4 heteroatoms. The number of hydrogen-bond donors (Lipinski definition) is 0. The zero-order valence-corrected chi connectivity index (χ0v) is 9.84. The molecule has 0 aromatic rings. The van der Waals surface area contributed by atoms with Crippen LogP contribution in [0.25, 0.3) is 0 Å². The van der Waals surface area contributed by atoms with E-state index < -0.39 is 9.28 Å². The molecule has 66 valence electrons. The summed E-state index contributed by atoms with van der Waals surface area (Å²) in [6.07, 6.45) is 2.11. The lowest BCUT2D eigenvalue weighted by molar-refractivity contribution is 0.286. The first-order chi connectivity index (χ1) is 5.26. The highest BCUT2D eigenvalue weighted by atomic mass is 79.9. The van der Waals surface area contributed by atoms with Gasteiger partial charge in [0.15, 0.2) is 0 Å². The molecule has 0 amide bonds. The van der Waals surface area contributed by atoms with Gasteiger partial charge < -0.3 is 8.85 Å². The summed E-state index contributed by atoms with van der Waals surface area (Å²) in [6.45, 7) is 3.93. The Balaban J connectivity index is 3.61. The number of halogens is 1. The smallest absolute Gasteiger partial charge is 0.350 e. The largest absolute Gasteiger partial charge is 0.397 e. The van der Waals surface area contributed by atoms with E-state index in [9.17, 15) is 0 Å². The molecule has 0 bridgehead atoms. The third-order valence-electron chi connectivity index (χ3n) is 1.39. The molecule has 0 saturated heterocycles. The second-order valence-electron chi connectivity index (χ2n) is 2.25. The minimum absolute atomic E-state index is 1.00. The van der Waals surface area contributed by atoms with Gasteiger partial charge in [-0.1, -0.05) is 22.5 Å². The van der Waals surface area contributed by atoms with E-state index in [1.54, 1.807) is 14.2 Å². The molecule has 11 heavy (non-hydrogen) atoms. The molecule has 0 aromatic carbocycles. The maximum atomic E-state index is 5.16. The molecule has 0 fully saturated rings. The van der Waals surface area contributed by atoms with E-state index in [1.807, 2.05) is 0 Å². The maximum absolute atomic E-state index is 5.16. The highest BCUT2D eigenvalue weighted by Crippen LogP contribution is 2.08. The van der Waals surface area contributed by atoms with Gasteiger partial charge in [-0.3, -0.25) is 0 Å². The normalized spacial score (nSPS) is 10.5. The van der Waals surface area contributed by atoms with Crippen LogP contribution in [-0.2, 0) is 8.85 Å². The second-order valence-corrected chi connectivity index (χ2v) is 5.47. The molecule has 0 aromatic heterocycles. The Hall–Kier alpha value is 0.357. The number of rotatable bonds is 6. The lowest BCUT2D eigenvalue weighted by atomic mass is 10.3. The molecule has 0 saturated carbocycles. The van der Waals surface area contributed by atoms with Crippen molar-refractivity contribution in [1.29, 1.82) is 0 Å². The van der Waals surface area contributed by atoms with Crippen LogP contribution < -0.4 is 0 Å². The Morgan fingerprint density at radius 1 is 1.45 bits per heavy atom. The van der Waals surface area contributed by atoms with Crippen LogP contribution >= 0.6 is 15.9 Å². The Kier molecular flexibility index (Phi) is 7.26. The highest BCUT2D eigenvalue weighted by Gasteiger charge is 2.12. The Bertz CT molecular complexity index is 115. The van der Waals surface area contributed by atoms with Crippen LogP contribution in [0.5, 0.6) is 0 Å². The maximum Gasteiger partial charge on any atom is 0.350 e. The summed E-state index contributed by atoms with van der Waals surface area (Å²) < 4.78 is 10.3. The predicted molar refractivity (Wildman–Crippen MR) is 53.3 cm³/mol. The summed E-state index contributed by atoms with van der Waals surface area (Å²) in [5, 5.41) is 2.15. The lowest BCUT2D eigenvalue weighted by Crippen LogP contribution is -2.22. The van der Waals surface area contributed by atoms with Crippen molar-refractivity contribution < 1.29 is 8.85 Å². The van der Waals surface area contributed by atoms with Crippen molar-refractivity contribution in [2.24, 2.45) is 0 Å². The number of allylic oxidation sites excluding steroid dienone is 1. The first-order valence-corrected chi connectivity index (χ1v) is 6.19. The van der Waals surface area contributed by atoms with Gasteiger partial charge in [0.1, 0.15) is 0 Å². The van der Waals surface area contributed by atoms with E-state index in [-0.39, 0.29) is 0 Å². The first-order valence-electron chi connectivity index (χ1n) is 3.55. The Morgan fingerprint density at radius 2 is 2.00 bits per heavy atom. The number of hydrogen-bond acceptors (Lipinski definition) is 2. The third kappa shape index (κ3) is 4.74. The average molecular weight is 239 g/mol. The van der Waals surface area contributed by atoms with Crippen LogP contribution in [-0.4, -0.2) is 28.8 Å². The first kappa shape index (κ1) is 11.4. The standard InChI is InChI=1S/C7H15BrO2Si/c1-7(5-4-6-8)11(9-2)10-3/h11H,1,4-6H2,2-3H3. The molecule has 0 heterocycles. The fourth-order valence-electron chi connectivity index (χ4n) is 0.841. The van der Waals surface area contributed by atoms with Gasteiger partial charge in [-0.25, -0.2) is 0 Å². The van der Waals surface area contributed by atoms with Crippen LogP contribution in [0.4, 0.5) is 0 Å². The van der Waals surface area contributed by atoms with E-state index in [0.717, 1.165) is 23.4 Å². The SMILES string of the molecule is C=C(CCCBr)[SiH](OC)OC. The third-order valence-corrected chi connectivity index (χ3v) is 3.77. The summed E-state index contributed by atoms with van der Waals surface area (Å²) in [5.41, 5.74) is 0. The summed E-state index contributed by atoms with van der Waals surface area (Å²) in [4.78, 5) is 0. The van der Waals surface area contributed by atoms with E-state index in [0.29, 0.717) is 0 Å². The van der Waals surface area contributed by atoms with Crippen LogP contribution in [0.15, 0.2) is 11.8 Å². The molecule has 0 radical (unpaired) electrons. The molecule has 2 nitrogen and oxygen atoms in total. The molecule has 0 N–H and O–H groups in total. The van der Waals surface area contributed by atoms with Gasteiger partial charge in [0, 0.05) is 19.5 Å². The van der Waals surface area contributed by atoms with Crippen molar-refractivity contribution in [1.82, 2.24) is 0 Å². The molecule has 0 aliphatic heterocycles. The number of alkyl halides is 1. The van der Waals surface area contributed by atoms with Crippen molar-refractivity contribution in [2.45, 2.75) is 12.8 Å². The zero-order valence-electron chi connectivity index (χ0n) is 7.10. The van der Waals surface area contributed by atoms with E-state index in [2.05, 4.69) is 22.5 Å². The van der Waals surface area contributed by atoms with Crippen LogP contribution in [0.2, 0.25) is 0 Å². The van der Waals surface area contributed by atoms with Crippen LogP contribution in [0.3, 0.4) is 0 Å². The second kappa shape index (κ2) is 7.03. The lowest BCUT2D eigenvalue weighted by Gasteiger charge is -2.12. The van der Waals surface area contributed by atoms with Gasteiger partial charge in [0.05, 0.1) is 0 Å². The summed E-state index contributed by atoms with van der Waals surface area (Å²) in [6, 6.07) is 0. The van der Waals surface area contributed by atoms with Gasteiger partial charge in [-0.15, -0.1) is 0 Å². The van der Waals surface area contributed by atoms with Gasteiger partial charge in [0.2, 0.25) is 0 Å². The monoisotopic (exact) mass is 238 g/mol. The van der Waals surface area contributed by atoms with E-state index >= 15 is 0 Å². The fraction of sp³-hybridized carbons (Fsp3) is 0.714. The van der Waals surface area contributed by atoms with Crippen LogP contribution in [0, 0.1) is 0 Å². The quantitative estimate of drug-likeness (QED) is 0.519. The zero-order chi connectivity index (χ0) is 8.69. The Labute approximate surface area is 78.6 Å². The summed E-state index contributed by atoms with van der Waals surface area (Å²) >= 11 is 3.36. The topological polar surface area (TPSA) is 18.5 Å². The fourth-order valence-corrected chi connectivity index (χ4v) is 2.42. The minimum Gasteiger partial charge on any atom is -0.397 e. The van der Waals surface area contributed by atoms with Gasteiger partial charge in [-0.05, 0) is 18.0 Å². The van der Waals surface area contributed by atoms with Gasteiger partial charge in [0.25, 0.3) is 0 Å². The molecule has 0 atom stereocenters. The highest BCUT2D eigenvalue weighted by molar-refractivity contribution is 9.09. The van der Waals surface area contributed by atoms with Gasteiger partial charge in [-0.2, -0.15) is 0 Å². The average Bonchev–Trinajstić information content (AvgIpc) is 2.03. The molecule has 0 aliphatic carbocycles. The van der Waals surface area contributed by atoms with Crippen molar-refractivity contribution in [3.8, 4) is 0 Å². The van der Waals surface area contributed by atoms with Crippen LogP contribution in [0.1, 0.15) is 12.8 Å². The molecule has 0 aliphatic rings. The van der Waals surface area contributed by atoms with Crippen molar-refractivity contribution in [3.63, 3.8) is 0 Å². The molecular weight excluding hydrogens is 224 g/mol. The van der Waals surface area contributed by atoms with E-state index in [4.69, 9.17) is 8.85 Å². The van der Waals surface area contributed by atoms with Gasteiger partial charge >= 0.3 is 9.28 Å². The van der Waals surface area contributed by atoms with Crippen molar-refractivity contribution >= 4 is 25.2 Å². The molecular formula is C7H15BrO2Si. The predicted octanol–water partition coefficient (Wildman–Crippen LogP) is 1.77. The summed E-state index contributed by atoms with van der Waals surface area (Å²) in [7, 11) is 1.83. The van der Waals surface area contributed by atoms with E-state index in [1.165, 1.54) is 0 Å². The minimum atomic E-state index is -1.53. The molecule has 0 unspecified atom stereocenters. The molecule has 0 rings (SSSR count). The van der Waals surface area contributed by atoms with Crippen molar-refractivity contribution in [3.05, 3.63) is 11.8 Å².